The van der Waals surface area contributed by atoms with Crippen LogP contribution >= 0.6 is 0 Å². The third kappa shape index (κ3) is 6.09. The van der Waals surface area contributed by atoms with Gasteiger partial charge >= 0.3 is 5.97 Å². The molecule has 0 aliphatic rings. The Kier molecular flexibility index (Phi) is 9.20. The Morgan fingerprint density at radius 2 is 1.29 bits per heavy atom. The highest BCUT2D eigenvalue weighted by molar-refractivity contribution is 5.74. The van der Waals surface area contributed by atoms with Crippen molar-refractivity contribution in [2.24, 2.45) is 5.41 Å². The molecule has 0 rings (SSSR count). The summed E-state index contributed by atoms with van der Waals surface area (Å²) in [6.45, 7) is 6.14. The first-order chi connectivity index (χ1) is 8.13. The fraction of sp³-hybridized carbons (Fsp3) is 0.933. The maximum atomic E-state index is 11.2. The van der Waals surface area contributed by atoms with Crippen molar-refractivity contribution in [2.75, 3.05) is 0 Å². The lowest BCUT2D eigenvalue weighted by Gasteiger charge is -2.25. The van der Waals surface area contributed by atoms with Crippen LogP contribution in [0.5, 0.6) is 0 Å². The van der Waals surface area contributed by atoms with Crippen LogP contribution in [0.2, 0.25) is 0 Å². The highest BCUT2D eigenvalue weighted by atomic mass is 16.4. The van der Waals surface area contributed by atoms with Crippen LogP contribution in [0.1, 0.15) is 85.0 Å². The molecule has 0 atom stereocenters. The van der Waals surface area contributed by atoms with Gasteiger partial charge in [0, 0.05) is 0 Å². The van der Waals surface area contributed by atoms with E-state index in [0.717, 1.165) is 12.8 Å². The van der Waals surface area contributed by atoms with Crippen LogP contribution < -0.4 is 0 Å². The van der Waals surface area contributed by atoms with E-state index in [1.165, 1.54) is 38.5 Å². The van der Waals surface area contributed by atoms with Crippen molar-refractivity contribution in [2.45, 2.75) is 85.0 Å². The van der Waals surface area contributed by atoms with Gasteiger partial charge < -0.3 is 0 Å². The number of hydrogen-bond acceptors (Lipinski definition) is 1. The molecule has 0 aromatic heterocycles. The number of carbonyl (C=O) groups excluding carboxylic acids is 1. The molecule has 1 radical (unpaired) electrons. The molecule has 2 heteroatoms. The van der Waals surface area contributed by atoms with E-state index in [1.807, 2.05) is 13.8 Å². The Labute approximate surface area is 107 Å². The summed E-state index contributed by atoms with van der Waals surface area (Å²) in [6, 6.07) is 0. The average Bonchev–Trinajstić information content (AvgIpc) is 2.33. The maximum absolute atomic E-state index is 11.2. The minimum absolute atomic E-state index is 0.566. The second-order valence-electron chi connectivity index (χ2n) is 5.15. The second kappa shape index (κ2) is 9.49. The van der Waals surface area contributed by atoms with E-state index in [-0.39, 0.29) is 0 Å². The number of unbranched alkanes of at least 4 members (excludes halogenated alkanes) is 6. The van der Waals surface area contributed by atoms with Gasteiger partial charge in [-0.05, 0) is 19.3 Å². The lowest BCUT2D eigenvalue weighted by atomic mass is 9.78. The monoisotopic (exact) mass is 241 g/mol. The van der Waals surface area contributed by atoms with Crippen molar-refractivity contribution in [1.82, 2.24) is 0 Å². The van der Waals surface area contributed by atoms with Crippen molar-refractivity contribution < 1.29 is 9.90 Å². The van der Waals surface area contributed by atoms with Crippen molar-refractivity contribution >= 4 is 5.97 Å². The Bertz CT molecular complexity index is 195. The molecule has 0 heterocycles. The molecular weight excluding hydrogens is 212 g/mol. The lowest BCUT2D eigenvalue weighted by Crippen LogP contribution is -2.28. The maximum Gasteiger partial charge on any atom is 0.361 e. The highest BCUT2D eigenvalue weighted by Crippen LogP contribution is 2.33. The van der Waals surface area contributed by atoms with Gasteiger partial charge in [-0.15, -0.1) is 0 Å². The summed E-state index contributed by atoms with van der Waals surface area (Å²) in [4.78, 5) is 11.2. The molecule has 0 amide bonds. The minimum Gasteiger partial charge on any atom is -0.247 e. The molecule has 0 unspecified atom stereocenters. The van der Waals surface area contributed by atoms with E-state index >= 15 is 0 Å². The van der Waals surface area contributed by atoms with Gasteiger partial charge in [-0.3, -0.25) is 0 Å². The molecule has 0 aliphatic heterocycles. The predicted molar refractivity (Wildman–Crippen MR) is 71.3 cm³/mol. The zero-order chi connectivity index (χ0) is 13.1. The molecule has 0 N–H and O–H groups in total. The van der Waals surface area contributed by atoms with E-state index in [9.17, 15) is 9.90 Å². The van der Waals surface area contributed by atoms with E-state index in [0.29, 0.717) is 12.8 Å². The molecule has 17 heavy (non-hydrogen) atoms. The Morgan fingerprint density at radius 3 is 1.71 bits per heavy atom. The molecule has 0 aromatic carbocycles. The minimum atomic E-state index is -0.853. The van der Waals surface area contributed by atoms with Gasteiger partial charge in [0.25, 0.3) is 0 Å². The normalized spacial score (nSPS) is 11.7. The summed E-state index contributed by atoms with van der Waals surface area (Å²) in [5.41, 5.74) is -0.566. The third-order valence-corrected chi connectivity index (χ3v) is 4.05. The van der Waals surface area contributed by atoms with Gasteiger partial charge in [0.1, 0.15) is 0 Å². The topological polar surface area (TPSA) is 37.0 Å². The Hall–Kier alpha value is -0.530. The largest absolute Gasteiger partial charge is 0.361 e. The quantitative estimate of drug-likeness (QED) is 0.474. The first kappa shape index (κ1) is 16.5. The summed E-state index contributed by atoms with van der Waals surface area (Å²) in [6.07, 6.45) is 10.8. The molecule has 2 nitrogen and oxygen atoms in total. The molecule has 0 aromatic rings. The summed E-state index contributed by atoms with van der Waals surface area (Å²) in [7, 11) is 0. The molecule has 0 aliphatic carbocycles. The number of rotatable bonds is 11. The van der Waals surface area contributed by atoms with E-state index in [2.05, 4.69) is 6.92 Å². The first-order valence-electron chi connectivity index (χ1n) is 7.34. The van der Waals surface area contributed by atoms with Crippen LogP contribution in [0, 0.1) is 5.41 Å². The standard InChI is InChI=1S/C15H29O2/c1-4-7-8-9-10-11-12-13-15(5-2,6-3)14(16)17/h4-13H2,1-3H3. The fourth-order valence-corrected chi connectivity index (χ4v) is 2.41. The van der Waals surface area contributed by atoms with Gasteiger partial charge in [-0.2, -0.15) is 0 Å². The van der Waals surface area contributed by atoms with Gasteiger partial charge in [0.2, 0.25) is 0 Å². The first-order valence-corrected chi connectivity index (χ1v) is 7.34. The van der Waals surface area contributed by atoms with Gasteiger partial charge in [-0.1, -0.05) is 65.7 Å². The van der Waals surface area contributed by atoms with Crippen LogP contribution in [-0.4, -0.2) is 5.97 Å². The molecule has 0 saturated heterocycles. The van der Waals surface area contributed by atoms with Crippen molar-refractivity contribution in [3.05, 3.63) is 0 Å². The van der Waals surface area contributed by atoms with Gasteiger partial charge in [0.05, 0.1) is 5.41 Å². The summed E-state index contributed by atoms with van der Waals surface area (Å²) in [5, 5.41) is 11.2. The smallest absolute Gasteiger partial charge is 0.247 e. The van der Waals surface area contributed by atoms with Crippen LogP contribution in [0.4, 0.5) is 0 Å². The van der Waals surface area contributed by atoms with E-state index < -0.39 is 11.4 Å². The highest BCUT2D eigenvalue weighted by Gasteiger charge is 2.35. The summed E-state index contributed by atoms with van der Waals surface area (Å²) >= 11 is 0. The molecule has 0 bridgehead atoms. The Morgan fingerprint density at radius 1 is 0.824 bits per heavy atom. The lowest BCUT2D eigenvalue weighted by molar-refractivity contribution is -0.156. The number of hydrogen-bond donors (Lipinski definition) is 0. The molecule has 101 valence electrons. The SMILES string of the molecule is CCCCCCCCCC(CC)(CC)C([O])=O. The van der Waals surface area contributed by atoms with Crippen LogP contribution in [0.15, 0.2) is 0 Å². The van der Waals surface area contributed by atoms with Crippen LogP contribution in [0.25, 0.3) is 0 Å². The third-order valence-electron chi connectivity index (χ3n) is 4.05. The van der Waals surface area contributed by atoms with Crippen LogP contribution in [0.3, 0.4) is 0 Å². The van der Waals surface area contributed by atoms with Gasteiger partial charge in [0.15, 0.2) is 0 Å². The van der Waals surface area contributed by atoms with E-state index in [4.69, 9.17) is 0 Å². The molecule has 0 saturated carbocycles. The van der Waals surface area contributed by atoms with Crippen molar-refractivity contribution in [3.63, 3.8) is 0 Å². The van der Waals surface area contributed by atoms with Crippen molar-refractivity contribution in [3.8, 4) is 0 Å². The Balaban J connectivity index is 3.73. The zero-order valence-electron chi connectivity index (χ0n) is 11.9. The fourth-order valence-electron chi connectivity index (χ4n) is 2.41. The molecule has 0 fully saturated rings. The average molecular weight is 241 g/mol. The zero-order valence-corrected chi connectivity index (χ0v) is 11.9. The van der Waals surface area contributed by atoms with E-state index in [1.54, 1.807) is 0 Å². The molecule has 0 spiro atoms. The summed E-state index contributed by atoms with van der Waals surface area (Å²) < 4.78 is 0. The molecular formula is C15H29O2. The second-order valence-corrected chi connectivity index (χ2v) is 5.15. The van der Waals surface area contributed by atoms with Crippen LogP contribution in [-0.2, 0) is 9.90 Å². The number of carbonyl (C=O) groups is 1. The predicted octanol–water partition coefficient (Wildman–Crippen LogP) is 4.89. The van der Waals surface area contributed by atoms with Crippen molar-refractivity contribution in [1.29, 1.82) is 0 Å². The summed E-state index contributed by atoms with van der Waals surface area (Å²) in [5.74, 6) is -0.853. The van der Waals surface area contributed by atoms with Gasteiger partial charge in [-0.25, -0.2) is 9.90 Å².